The third-order valence-electron chi connectivity index (χ3n) is 2.69. The molecule has 1 heterocycles. The van der Waals surface area contributed by atoms with Crippen LogP contribution >= 0.6 is 15.9 Å². The topological polar surface area (TPSA) is 75.9 Å². The van der Waals surface area contributed by atoms with E-state index in [9.17, 15) is 0 Å². The molecule has 0 bridgehead atoms. The second kappa shape index (κ2) is 5.99. The largest absolute Gasteiger partial charge is 0.339 e. The van der Waals surface area contributed by atoms with Gasteiger partial charge >= 0.3 is 0 Å². The molecule has 100 valence electrons. The third kappa shape index (κ3) is 3.21. The first-order valence-electron chi connectivity index (χ1n) is 6.00. The summed E-state index contributed by atoms with van der Waals surface area (Å²) >= 11 is 3.56. The van der Waals surface area contributed by atoms with Gasteiger partial charge in [-0.1, -0.05) is 19.1 Å². The second-order valence-corrected chi connectivity index (χ2v) is 4.91. The number of hydrogen-bond acceptors (Lipinski definition) is 5. The number of nitrogens with zero attached hydrogens (tertiary/aromatic N) is 2. The molecule has 0 amide bonds. The van der Waals surface area contributed by atoms with Gasteiger partial charge in [0.2, 0.25) is 0 Å². The van der Waals surface area contributed by atoms with E-state index in [1.165, 1.54) is 0 Å². The molecule has 2 rings (SSSR count). The maximum absolute atomic E-state index is 5.41. The number of nitrogens with one attached hydrogen (secondary N) is 2. The maximum Gasteiger partial charge on any atom is 0.145 e. The highest BCUT2D eigenvalue weighted by molar-refractivity contribution is 9.10. The van der Waals surface area contributed by atoms with Gasteiger partial charge < -0.3 is 10.7 Å². The molecule has 0 unspecified atom stereocenters. The van der Waals surface area contributed by atoms with Gasteiger partial charge in [0.1, 0.15) is 17.5 Å². The number of rotatable bonds is 4. The van der Waals surface area contributed by atoms with Crippen LogP contribution in [0.1, 0.15) is 18.3 Å². The number of hydrogen-bond donors (Lipinski definition) is 3. The highest BCUT2D eigenvalue weighted by atomic mass is 79.9. The molecule has 0 atom stereocenters. The van der Waals surface area contributed by atoms with Crippen LogP contribution in [0.25, 0.3) is 0 Å². The molecule has 19 heavy (non-hydrogen) atoms. The Bertz CT molecular complexity index is 563. The molecule has 5 nitrogen and oxygen atoms in total. The zero-order valence-electron chi connectivity index (χ0n) is 10.9. The summed E-state index contributed by atoms with van der Waals surface area (Å²) in [5, 5.41) is 3.27. The fourth-order valence-electron chi connectivity index (χ4n) is 1.68. The van der Waals surface area contributed by atoms with Crippen molar-refractivity contribution >= 4 is 33.3 Å². The molecule has 6 heteroatoms. The van der Waals surface area contributed by atoms with Crippen LogP contribution < -0.4 is 16.6 Å². The molecule has 0 spiro atoms. The van der Waals surface area contributed by atoms with Gasteiger partial charge in [-0.05, 0) is 34.5 Å². The molecule has 0 saturated carbocycles. The highest BCUT2D eigenvalue weighted by Crippen LogP contribution is 2.28. The van der Waals surface area contributed by atoms with Crippen molar-refractivity contribution in [2.75, 3.05) is 10.7 Å². The van der Waals surface area contributed by atoms with Crippen LogP contribution in [0.4, 0.5) is 17.3 Å². The summed E-state index contributed by atoms with van der Waals surface area (Å²) in [6.07, 6.45) is 0.749. The Balaban J connectivity index is 2.34. The van der Waals surface area contributed by atoms with E-state index in [0.29, 0.717) is 11.6 Å². The first-order chi connectivity index (χ1) is 9.13. The smallest absolute Gasteiger partial charge is 0.145 e. The number of aryl methyl sites for hydroxylation is 2. The molecular formula is C13H16BrN5. The quantitative estimate of drug-likeness (QED) is 0.595. The summed E-state index contributed by atoms with van der Waals surface area (Å²) in [5.41, 5.74) is 4.67. The van der Waals surface area contributed by atoms with E-state index < -0.39 is 0 Å². The van der Waals surface area contributed by atoms with E-state index in [4.69, 9.17) is 5.84 Å². The van der Waals surface area contributed by atoms with Crippen molar-refractivity contribution in [2.45, 2.75) is 20.3 Å². The van der Waals surface area contributed by atoms with Crippen molar-refractivity contribution < 1.29 is 0 Å². The molecule has 0 aliphatic rings. The highest BCUT2D eigenvalue weighted by Gasteiger charge is 2.06. The van der Waals surface area contributed by atoms with Crippen LogP contribution in [0, 0.1) is 6.92 Å². The zero-order chi connectivity index (χ0) is 13.8. The summed E-state index contributed by atoms with van der Waals surface area (Å²) in [6, 6.07) is 7.79. The van der Waals surface area contributed by atoms with E-state index in [2.05, 4.69) is 36.6 Å². The number of anilines is 3. The monoisotopic (exact) mass is 321 g/mol. The van der Waals surface area contributed by atoms with Crippen molar-refractivity contribution in [2.24, 2.45) is 5.84 Å². The minimum absolute atomic E-state index is 0.595. The molecule has 1 aromatic carbocycles. The average molecular weight is 322 g/mol. The fourth-order valence-corrected chi connectivity index (χ4v) is 2.04. The molecule has 0 aliphatic carbocycles. The van der Waals surface area contributed by atoms with E-state index in [1.807, 2.05) is 32.0 Å². The van der Waals surface area contributed by atoms with Gasteiger partial charge in [-0.15, -0.1) is 0 Å². The number of benzene rings is 1. The predicted octanol–water partition coefficient (Wildman–Crippen LogP) is 3.14. The molecule has 2 aromatic rings. The number of aromatic nitrogens is 2. The lowest BCUT2D eigenvalue weighted by Crippen LogP contribution is -2.11. The molecule has 4 N–H and O–H groups in total. The Morgan fingerprint density at radius 3 is 2.68 bits per heavy atom. The van der Waals surface area contributed by atoms with E-state index in [1.54, 1.807) is 6.07 Å². The van der Waals surface area contributed by atoms with Crippen LogP contribution in [0.5, 0.6) is 0 Å². The minimum atomic E-state index is 0.595. The van der Waals surface area contributed by atoms with Crippen LogP contribution in [0.2, 0.25) is 0 Å². The summed E-state index contributed by atoms with van der Waals surface area (Å²) < 4.78 is 1.02. The van der Waals surface area contributed by atoms with Gasteiger partial charge in [0.25, 0.3) is 0 Å². The van der Waals surface area contributed by atoms with Gasteiger partial charge in [-0.3, -0.25) is 0 Å². The van der Waals surface area contributed by atoms with Crippen LogP contribution in [-0.2, 0) is 6.42 Å². The van der Waals surface area contributed by atoms with Gasteiger partial charge in [-0.25, -0.2) is 15.8 Å². The lowest BCUT2D eigenvalue weighted by atomic mass is 10.2. The normalized spacial score (nSPS) is 10.3. The van der Waals surface area contributed by atoms with Gasteiger partial charge in [0.05, 0.1) is 5.69 Å². The van der Waals surface area contributed by atoms with Crippen LogP contribution in [-0.4, -0.2) is 9.97 Å². The Morgan fingerprint density at radius 1 is 1.26 bits per heavy atom. The first-order valence-corrected chi connectivity index (χ1v) is 6.80. The standard InChI is InChI=1S/C13H16BrN5/c1-3-10-17-11(7-12(18-10)19-15)16-9-6-4-5-8(2)13(9)14/h4-7H,3,15H2,1-2H3,(H2,16,17,18,19). The Hall–Kier alpha value is -1.66. The maximum atomic E-state index is 5.41. The van der Waals surface area contributed by atoms with Crippen LogP contribution in [0.3, 0.4) is 0 Å². The molecular weight excluding hydrogens is 306 g/mol. The van der Waals surface area contributed by atoms with E-state index >= 15 is 0 Å². The lowest BCUT2D eigenvalue weighted by molar-refractivity contribution is 0.941. The first kappa shape index (κ1) is 13.8. The minimum Gasteiger partial charge on any atom is -0.339 e. The molecule has 0 radical (unpaired) electrons. The van der Waals surface area contributed by atoms with Gasteiger partial charge in [0, 0.05) is 17.0 Å². The van der Waals surface area contributed by atoms with E-state index in [-0.39, 0.29) is 0 Å². The number of halogens is 1. The molecule has 1 aromatic heterocycles. The number of nitrogen functional groups attached to an aromatic ring is 1. The van der Waals surface area contributed by atoms with Crippen molar-refractivity contribution in [3.8, 4) is 0 Å². The average Bonchev–Trinajstić information content (AvgIpc) is 2.43. The summed E-state index contributed by atoms with van der Waals surface area (Å²) in [4.78, 5) is 8.68. The Morgan fingerprint density at radius 2 is 2.00 bits per heavy atom. The Kier molecular flexibility index (Phi) is 4.34. The molecule has 0 fully saturated rings. The van der Waals surface area contributed by atoms with E-state index in [0.717, 1.165) is 28.0 Å². The fraction of sp³-hybridized carbons (Fsp3) is 0.231. The molecule has 0 saturated heterocycles. The molecule has 0 aliphatic heterocycles. The van der Waals surface area contributed by atoms with Gasteiger partial charge in [-0.2, -0.15) is 0 Å². The SMILES string of the molecule is CCc1nc(NN)cc(Nc2cccc(C)c2Br)n1. The zero-order valence-corrected chi connectivity index (χ0v) is 12.5. The summed E-state index contributed by atoms with van der Waals surface area (Å²) in [7, 11) is 0. The van der Waals surface area contributed by atoms with Crippen molar-refractivity contribution in [3.63, 3.8) is 0 Å². The van der Waals surface area contributed by atoms with Gasteiger partial charge in [0.15, 0.2) is 0 Å². The van der Waals surface area contributed by atoms with Crippen molar-refractivity contribution in [3.05, 3.63) is 40.1 Å². The van der Waals surface area contributed by atoms with Crippen molar-refractivity contribution in [1.82, 2.24) is 9.97 Å². The summed E-state index contributed by atoms with van der Waals surface area (Å²) in [6.45, 7) is 4.04. The Labute approximate surface area is 120 Å². The number of hydrazine groups is 1. The lowest BCUT2D eigenvalue weighted by Gasteiger charge is -2.11. The van der Waals surface area contributed by atoms with Crippen LogP contribution in [0.15, 0.2) is 28.7 Å². The third-order valence-corrected chi connectivity index (χ3v) is 3.74. The second-order valence-electron chi connectivity index (χ2n) is 4.11. The predicted molar refractivity (Wildman–Crippen MR) is 81.4 cm³/mol. The van der Waals surface area contributed by atoms with Crippen molar-refractivity contribution in [1.29, 1.82) is 0 Å². The number of nitrogens with two attached hydrogens (primary N) is 1. The summed E-state index contributed by atoms with van der Waals surface area (Å²) in [5.74, 6) is 7.46.